The zero-order chi connectivity index (χ0) is 22.6. The molecule has 0 amide bonds. The standard InChI is InChI=1S/C23H27N3O4S2/c1-17(2)29-20-10-6-8-18(14-20)16-31-23-25-24-22(30-23)19-9-7-11-21(15-19)32(27,28)26-12-4-3-5-13-26/h6-11,14-15,17H,3-5,12-13,16H2,1-2H3. The van der Waals surface area contributed by atoms with Crippen LogP contribution in [-0.2, 0) is 15.8 Å². The third-order valence-electron chi connectivity index (χ3n) is 5.07. The van der Waals surface area contributed by atoms with Gasteiger partial charge in [-0.05, 0) is 62.6 Å². The van der Waals surface area contributed by atoms with Gasteiger partial charge in [0.1, 0.15) is 5.75 Å². The van der Waals surface area contributed by atoms with Gasteiger partial charge in [-0.15, -0.1) is 10.2 Å². The van der Waals surface area contributed by atoms with Crippen molar-refractivity contribution in [3.05, 3.63) is 54.1 Å². The Labute approximate surface area is 193 Å². The summed E-state index contributed by atoms with van der Waals surface area (Å²) >= 11 is 1.43. The van der Waals surface area contributed by atoms with Crippen molar-refractivity contribution in [3.8, 4) is 17.2 Å². The number of aromatic nitrogens is 2. The van der Waals surface area contributed by atoms with Crippen LogP contribution in [0.1, 0.15) is 38.7 Å². The second kappa shape index (κ2) is 10.1. The van der Waals surface area contributed by atoms with Gasteiger partial charge in [-0.25, -0.2) is 8.42 Å². The van der Waals surface area contributed by atoms with Crippen LogP contribution in [0.15, 0.2) is 63.1 Å². The highest BCUT2D eigenvalue weighted by Gasteiger charge is 2.26. The highest BCUT2D eigenvalue weighted by Crippen LogP contribution is 2.29. The van der Waals surface area contributed by atoms with Gasteiger partial charge in [0.2, 0.25) is 15.9 Å². The SMILES string of the molecule is CC(C)Oc1cccc(CSc2nnc(-c3cccc(S(=O)(=O)N4CCCCC4)c3)o2)c1. The number of hydrogen-bond donors (Lipinski definition) is 0. The van der Waals surface area contributed by atoms with Crippen molar-refractivity contribution in [1.29, 1.82) is 0 Å². The van der Waals surface area contributed by atoms with Gasteiger partial charge in [0.25, 0.3) is 5.22 Å². The number of rotatable bonds is 8. The van der Waals surface area contributed by atoms with Crippen molar-refractivity contribution in [3.63, 3.8) is 0 Å². The monoisotopic (exact) mass is 473 g/mol. The summed E-state index contributed by atoms with van der Waals surface area (Å²) in [5, 5.41) is 8.67. The average molecular weight is 474 g/mol. The van der Waals surface area contributed by atoms with Crippen molar-refractivity contribution in [1.82, 2.24) is 14.5 Å². The quantitative estimate of drug-likeness (QED) is 0.426. The van der Waals surface area contributed by atoms with Crippen LogP contribution in [0.2, 0.25) is 0 Å². The fraction of sp³-hybridized carbons (Fsp3) is 0.391. The van der Waals surface area contributed by atoms with Crippen LogP contribution in [-0.4, -0.2) is 42.1 Å². The summed E-state index contributed by atoms with van der Waals surface area (Å²) in [4.78, 5) is 0.256. The molecule has 0 unspecified atom stereocenters. The lowest BCUT2D eigenvalue weighted by atomic mass is 10.2. The van der Waals surface area contributed by atoms with Crippen LogP contribution in [0, 0.1) is 0 Å². The van der Waals surface area contributed by atoms with Crippen molar-refractivity contribution >= 4 is 21.8 Å². The second-order valence-corrected chi connectivity index (χ2v) is 10.8. The van der Waals surface area contributed by atoms with E-state index in [9.17, 15) is 8.42 Å². The van der Waals surface area contributed by atoms with Crippen LogP contribution >= 0.6 is 11.8 Å². The molecule has 4 rings (SSSR count). The molecule has 32 heavy (non-hydrogen) atoms. The van der Waals surface area contributed by atoms with E-state index in [2.05, 4.69) is 10.2 Å². The molecule has 7 nitrogen and oxygen atoms in total. The van der Waals surface area contributed by atoms with E-state index in [0.717, 1.165) is 30.6 Å². The summed E-state index contributed by atoms with van der Waals surface area (Å²) in [7, 11) is -3.52. The maximum Gasteiger partial charge on any atom is 0.277 e. The maximum absolute atomic E-state index is 13.0. The summed E-state index contributed by atoms with van der Waals surface area (Å²) in [6.45, 7) is 5.12. The number of sulfonamides is 1. The minimum Gasteiger partial charge on any atom is -0.491 e. The Morgan fingerprint density at radius 2 is 1.84 bits per heavy atom. The molecule has 0 N–H and O–H groups in total. The Morgan fingerprint density at radius 1 is 1.06 bits per heavy atom. The molecule has 0 bridgehead atoms. The predicted molar refractivity (Wildman–Crippen MR) is 124 cm³/mol. The molecule has 1 aliphatic heterocycles. The summed E-state index contributed by atoms with van der Waals surface area (Å²) in [6, 6.07) is 14.6. The lowest BCUT2D eigenvalue weighted by Gasteiger charge is -2.25. The molecule has 0 aliphatic carbocycles. The summed E-state index contributed by atoms with van der Waals surface area (Å²) < 4.78 is 39.0. The molecule has 0 atom stereocenters. The van der Waals surface area contributed by atoms with Gasteiger partial charge in [-0.3, -0.25) is 0 Å². The first-order chi connectivity index (χ1) is 15.4. The van der Waals surface area contributed by atoms with Gasteiger partial charge in [0, 0.05) is 24.4 Å². The average Bonchev–Trinajstić information content (AvgIpc) is 3.27. The first-order valence-electron chi connectivity index (χ1n) is 10.7. The van der Waals surface area contributed by atoms with Crippen LogP contribution < -0.4 is 4.74 Å². The maximum atomic E-state index is 13.0. The Morgan fingerprint density at radius 3 is 2.62 bits per heavy atom. The second-order valence-electron chi connectivity index (χ2n) is 7.97. The van der Waals surface area contributed by atoms with Crippen molar-refractivity contribution < 1.29 is 17.6 Å². The van der Waals surface area contributed by atoms with Crippen molar-refractivity contribution in [2.24, 2.45) is 0 Å². The van der Waals surface area contributed by atoms with E-state index < -0.39 is 10.0 Å². The van der Waals surface area contributed by atoms with E-state index in [1.165, 1.54) is 11.8 Å². The normalized spacial score (nSPS) is 15.2. The Balaban J connectivity index is 1.45. The molecule has 0 spiro atoms. The number of ether oxygens (including phenoxy) is 1. The van der Waals surface area contributed by atoms with Crippen molar-refractivity contribution in [2.45, 2.75) is 55.1 Å². The Kier molecular flexibility index (Phi) is 7.17. The Hall–Kier alpha value is -2.36. The van der Waals surface area contributed by atoms with Gasteiger partial charge in [0.15, 0.2) is 0 Å². The molecule has 170 valence electrons. The first kappa shape index (κ1) is 22.8. The zero-order valence-electron chi connectivity index (χ0n) is 18.2. The molecule has 1 fully saturated rings. The molecule has 2 aromatic carbocycles. The minimum atomic E-state index is -3.52. The van der Waals surface area contributed by atoms with Crippen LogP contribution in [0.3, 0.4) is 0 Å². The molecule has 2 heterocycles. The largest absolute Gasteiger partial charge is 0.491 e. The minimum absolute atomic E-state index is 0.117. The number of hydrogen-bond acceptors (Lipinski definition) is 7. The van der Waals surface area contributed by atoms with Gasteiger partial charge < -0.3 is 9.15 Å². The number of thioether (sulfide) groups is 1. The van der Waals surface area contributed by atoms with E-state index in [-0.39, 0.29) is 11.0 Å². The van der Waals surface area contributed by atoms with Crippen molar-refractivity contribution in [2.75, 3.05) is 13.1 Å². The molecule has 1 aromatic heterocycles. The topological polar surface area (TPSA) is 85.5 Å². The lowest BCUT2D eigenvalue weighted by Crippen LogP contribution is -2.35. The molecule has 1 saturated heterocycles. The van der Waals surface area contributed by atoms with E-state index in [0.29, 0.717) is 35.5 Å². The van der Waals surface area contributed by atoms with E-state index in [1.807, 2.05) is 38.1 Å². The number of benzene rings is 2. The van der Waals surface area contributed by atoms with Gasteiger partial charge in [0.05, 0.1) is 11.0 Å². The zero-order valence-corrected chi connectivity index (χ0v) is 19.9. The summed E-state index contributed by atoms with van der Waals surface area (Å²) in [5.41, 5.74) is 1.68. The summed E-state index contributed by atoms with van der Waals surface area (Å²) in [6.07, 6.45) is 2.99. The fourth-order valence-corrected chi connectivity index (χ4v) is 5.82. The lowest BCUT2D eigenvalue weighted by molar-refractivity contribution is 0.242. The third kappa shape index (κ3) is 5.51. The molecule has 1 aliphatic rings. The van der Waals surface area contributed by atoms with E-state index in [1.54, 1.807) is 28.6 Å². The van der Waals surface area contributed by atoms with E-state index >= 15 is 0 Å². The van der Waals surface area contributed by atoms with Crippen LogP contribution in [0.25, 0.3) is 11.5 Å². The highest BCUT2D eigenvalue weighted by molar-refractivity contribution is 7.98. The molecular formula is C23H27N3O4S2. The highest BCUT2D eigenvalue weighted by atomic mass is 32.2. The molecule has 0 saturated carbocycles. The van der Waals surface area contributed by atoms with Crippen LogP contribution in [0.4, 0.5) is 0 Å². The van der Waals surface area contributed by atoms with Gasteiger partial charge in [-0.2, -0.15) is 4.31 Å². The molecule has 9 heteroatoms. The smallest absolute Gasteiger partial charge is 0.277 e. The van der Waals surface area contributed by atoms with Crippen LogP contribution in [0.5, 0.6) is 5.75 Å². The predicted octanol–water partition coefficient (Wildman–Crippen LogP) is 4.99. The molecule has 3 aromatic rings. The third-order valence-corrected chi connectivity index (χ3v) is 7.86. The molecular weight excluding hydrogens is 446 g/mol. The number of piperidine rings is 1. The number of nitrogens with zero attached hydrogens (tertiary/aromatic N) is 3. The molecule has 0 radical (unpaired) electrons. The fourth-order valence-electron chi connectivity index (χ4n) is 3.55. The summed E-state index contributed by atoms with van der Waals surface area (Å²) in [5.74, 6) is 1.79. The first-order valence-corrected chi connectivity index (χ1v) is 13.2. The van der Waals surface area contributed by atoms with Gasteiger partial charge in [-0.1, -0.05) is 36.4 Å². The van der Waals surface area contributed by atoms with E-state index in [4.69, 9.17) is 9.15 Å². The Bertz CT molecular complexity index is 1160. The van der Waals surface area contributed by atoms with Gasteiger partial charge >= 0.3 is 0 Å².